The third-order valence-electron chi connectivity index (χ3n) is 5.59. The molecule has 5 rings (SSSR count). The first kappa shape index (κ1) is 23.3. The predicted octanol–water partition coefficient (Wildman–Crippen LogP) is 5.35. The van der Waals surface area contributed by atoms with Crippen molar-refractivity contribution < 1.29 is 23.7 Å². The Kier molecular flexibility index (Phi) is 7.44. The van der Waals surface area contributed by atoms with Crippen LogP contribution in [0.15, 0.2) is 60.8 Å². The van der Waals surface area contributed by atoms with E-state index < -0.39 is 0 Å². The topological polar surface area (TPSA) is 78.9 Å². The summed E-state index contributed by atoms with van der Waals surface area (Å²) in [6, 6.07) is 16.7. The minimum Gasteiger partial charge on any atom is -0.493 e. The van der Waals surface area contributed by atoms with Crippen LogP contribution >= 0.6 is 0 Å². The zero-order chi connectivity index (χ0) is 23.9. The van der Waals surface area contributed by atoms with Crippen LogP contribution in [0.2, 0.25) is 0 Å². The van der Waals surface area contributed by atoms with Gasteiger partial charge in [-0.1, -0.05) is 12.1 Å². The highest BCUT2D eigenvalue weighted by Crippen LogP contribution is 2.37. The highest BCUT2D eigenvalue weighted by Gasteiger charge is 2.13. The molecule has 1 fully saturated rings. The van der Waals surface area contributed by atoms with E-state index in [1.807, 2.05) is 42.5 Å². The van der Waals surface area contributed by atoms with Gasteiger partial charge in [0.15, 0.2) is 11.5 Å². The molecule has 7 heteroatoms. The Balaban J connectivity index is 0.000000486. The Hall–Kier alpha value is -3.84. The highest BCUT2D eigenvalue weighted by atomic mass is 16.5. The van der Waals surface area contributed by atoms with Gasteiger partial charge < -0.3 is 24.3 Å². The van der Waals surface area contributed by atoms with E-state index in [9.17, 15) is 4.79 Å². The van der Waals surface area contributed by atoms with Crippen LogP contribution < -0.4 is 19.5 Å². The molecule has 2 heterocycles. The summed E-state index contributed by atoms with van der Waals surface area (Å²) in [5, 5.41) is 5.26. The molecular formula is C27H28N2O5. The van der Waals surface area contributed by atoms with E-state index in [4.69, 9.17) is 18.9 Å². The lowest BCUT2D eigenvalue weighted by atomic mass is 10.0. The lowest BCUT2D eigenvalue weighted by Crippen LogP contribution is -2.17. The fourth-order valence-electron chi connectivity index (χ4n) is 3.83. The number of ether oxygens (including phenoxy) is 4. The third kappa shape index (κ3) is 5.05. The number of rotatable bonds is 5. The van der Waals surface area contributed by atoms with Crippen LogP contribution in [0.3, 0.4) is 0 Å². The zero-order valence-corrected chi connectivity index (χ0v) is 19.6. The summed E-state index contributed by atoms with van der Waals surface area (Å²) in [6.45, 7) is 2.00. The van der Waals surface area contributed by atoms with Gasteiger partial charge in [-0.3, -0.25) is 9.78 Å². The van der Waals surface area contributed by atoms with Crippen molar-refractivity contribution in [3.8, 4) is 23.0 Å². The van der Waals surface area contributed by atoms with Gasteiger partial charge in [0.1, 0.15) is 11.5 Å². The van der Waals surface area contributed by atoms with Crippen molar-refractivity contribution in [1.29, 1.82) is 0 Å². The number of fused-ring (bicyclic) bond motifs is 2. The number of carbonyl (C=O) groups is 1. The molecule has 0 spiro atoms. The molecule has 0 saturated carbocycles. The lowest BCUT2D eigenvalue weighted by molar-refractivity contribution is 0.0964. The maximum absolute atomic E-state index is 12.1. The van der Waals surface area contributed by atoms with E-state index in [0.717, 1.165) is 34.9 Å². The van der Waals surface area contributed by atoms with Crippen LogP contribution in [0.25, 0.3) is 21.7 Å². The van der Waals surface area contributed by atoms with Crippen LogP contribution in [0.1, 0.15) is 23.2 Å². The average Bonchev–Trinajstić information content (AvgIpc) is 3.47. The molecule has 3 aromatic carbocycles. The molecule has 0 unspecified atom stereocenters. The van der Waals surface area contributed by atoms with Crippen molar-refractivity contribution in [2.24, 2.45) is 0 Å². The summed E-state index contributed by atoms with van der Waals surface area (Å²) in [5.41, 5.74) is 1.37. The standard InChI is InChI=1S/C23H20N2O4.C4H8O/c1-24-23(26)17-6-4-5-14-11-15(7-8-16(14)17)29-20-9-10-25-19-13-22(28-3)21(27-2)12-18(19)20;1-2-4-5-3-1/h4-13H,1-3H3,(H,24,26);1-4H2. The molecule has 34 heavy (non-hydrogen) atoms. The van der Waals surface area contributed by atoms with Crippen LogP contribution in [0.4, 0.5) is 0 Å². The molecular weight excluding hydrogens is 432 g/mol. The Morgan fingerprint density at radius 2 is 1.68 bits per heavy atom. The van der Waals surface area contributed by atoms with E-state index in [1.165, 1.54) is 12.8 Å². The van der Waals surface area contributed by atoms with Crippen molar-refractivity contribution in [3.05, 3.63) is 66.4 Å². The Morgan fingerprint density at radius 3 is 2.35 bits per heavy atom. The molecule has 0 aliphatic carbocycles. The molecule has 7 nitrogen and oxygen atoms in total. The Morgan fingerprint density at radius 1 is 0.912 bits per heavy atom. The van der Waals surface area contributed by atoms with Crippen molar-refractivity contribution in [1.82, 2.24) is 10.3 Å². The molecule has 1 saturated heterocycles. The smallest absolute Gasteiger partial charge is 0.251 e. The minimum absolute atomic E-state index is 0.120. The van der Waals surface area contributed by atoms with Gasteiger partial charge >= 0.3 is 0 Å². The van der Waals surface area contributed by atoms with Crippen LogP contribution in [0.5, 0.6) is 23.0 Å². The normalized spacial score (nSPS) is 12.7. The summed E-state index contributed by atoms with van der Waals surface area (Å²) in [7, 11) is 4.80. The maximum Gasteiger partial charge on any atom is 0.251 e. The largest absolute Gasteiger partial charge is 0.493 e. The summed E-state index contributed by atoms with van der Waals surface area (Å²) >= 11 is 0. The fraction of sp³-hybridized carbons (Fsp3) is 0.259. The molecule has 0 bridgehead atoms. The summed E-state index contributed by atoms with van der Waals surface area (Å²) in [5.74, 6) is 2.40. The van der Waals surface area contributed by atoms with Gasteiger partial charge in [-0.15, -0.1) is 0 Å². The van der Waals surface area contributed by atoms with Crippen molar-refractivity contribution >= 4 is 27.6 Å². The van der Waals surface area contributed by atoms with E-state index in [1.54, 1.807) is 39.6 Å². The van der Waals surface area contributed by atoms with E-state index in [0.29, 0.717) is 28.6 Å². The monoisotopic (exact) mass is 460 g/mol. The molecule has 1 aliphatic rings. The highest BCUT2D eigenvalue weighted by molar-refractivity contribution is 6.07. The molecule has 1 aromatic heterocycles. The molecule has 1 aliphatic heterocycles. The predicted molar refractivity (Wildman–Crippen MR) is 132 cm³/mol. The lowest BCUT2D eigenvalue weighted by Gasteiger charge is -2.13. The zero-order valence-electron chi connectivity index (χ0n) is 19.6. The molecule has 0 radical (unpaired) electrons. The first-order valence-electron chi connectivity index (χ1n) is 11.2. The third-order valence-corrected chi connectivity index (χ3v) is 5.59. The summed E-state index contributed by atoms with van der Waals surface area (Å²) in [6.07, 6.45) is 4.24. The van der Waals surface area contributed by atoms with Crippen molar-refractivity contribution in [3.63, 3.8) is 0 Å². The van der Waals surface area contributed by atoms with Crippen molar-refractivity contribution in [2.45, 2.75) is 12.8 Å². The second-order valence-electron chi connectivity index (χ2n) is 7.72. The number of nitrogens with one attached hydrogen (secondary N) is 1. The van der Waals surface area contributed by atoms with Gasteiger partial charge in [-0.05, 0) is 60.0 Å². The number of carbonyl (C=O) groups excluding carboxylic acids is 1. The van der Waals surface area contributed by atoms with Gasteiger partial charge in [0.05, 0.1) is 19.7 Å². The number of aromatic nitrogens is 1. The van der Waals surface area contributed by atoms with Gasteiger partial charge in [-0.2, -0.15) is 0 Å². The van der Waals surface area contributed by atoms with Gasteiger partial charge in [-0.25, -0.2) is 0 Å². The number of nitrogens with zero attached hydrogens (tertiary/aromatic N) is 1. The quantitative estimate of drug-likeness (QED) is 0.432. The maximum atomic E-state index is 12.1. The summed E-state index contributed by atoms with van der Waals surface area (Å²) in [4.78, 5) is 16.5. The van der Waals surface area contributed by atoms with Crippen LogP contribution in [-0.2, 0) is 4.74 Å². The molecule has 0 atom stereocenters. The van der Waals surface area contributed by atoms with Crippen LogP contribution in [-0.4, -0.2) is 45.4 Å². The average molecular weight is 461 g/mol. The Labute approximate surface area is 198 Å². The Bertz CT molecular complexity index is 1290. The number of amides is 1. The second-order valence-corrected chi connectivity index (χ2v) is 7.72. The summed E-state index contributed by atoms with van der Waals surface area (Å²) < 4.78 is 21.9. The van der Waals surface area contributed by atoms with Gasteiger partial charge in [0.25, 0.3) is 5.91 Å². The fourth-order valence-corrected chi connectivity index (χ4v) is 3.83. The molecule has 4 aromatic rings. The van der Waals surface area contributed by atoms with Crippen LogP contribution in [0, 0.1) is 0 Å². The number of pyridine rings is 1. The first-order chi connectivity index (χ1) is 16.6. The minimum atomic E-state index is -0.120. The van der Waals surface area contributed by atoms with E-state index in [2.05, 4.69) is 10.3 Å². The molecule has 1 amide bonds. The van der Waals surface area contributed by atoms with Gasteiger partial charge in [0.2, 0.25) is 0 Å². The molecule has 1 N–H and O–H groups in total. The number of benzene rings is 3. The van der Waals surface area contributed by atoms with E-state index in [-0.39, 0.29) is 5.91 Å². The molecule has 176 valence electrons. The van der Waals surface area contributed by atoms with Gasteiger partial charge in [0, 0.05) is 43.5 Å². The number of hydrogen-bond donors (Lipinski definition) is 1. The number of hydrogen-bond acceptors (Lipinski definition) is 6. The second kappa shape index (κ2) is 10.9. The first-order valence-corrected chi connectivity index (χ1v) is 11.2. The van der Waals surface area contributed by atoms with Crippen molar-refractivity contribution in [2.75, 3.05) is 34.5 Å². The SMILES string of the molecule is C1CCOC1.CNC(=O)c1cccc2cc(Oc3ccnc4cc(OC)c(OC)cc34)ccc12. The van der Waals surface area contributed by atoms with E-state index >= 15 is 0 Å². The number of methoxy groups -OCH3 is 2.